The van der Waals surface area contributed by atoms with Crippen LogP contribution in [0.1, 0.15) is 58.6 Å². The van der Waals surface area contributed by atoms with Crippen LogP contribution in [0.3, 0.4) is 0 Å². The Balaban J connectivity index is 1.89. The number of carbonyl (C=O) groups is 3. The molecular weight excluding hydrogens is 544 g/mol. The number of hydrogen-bond donors (Lipinski definition) is 4. The molecule has 0 aliphatic carbocycles. The Labute approximate surface area is 234 Å². The fourth-order valence-electron chi connectivity index (χ4n) is 3.30. The largest absolute Gasteiger partial charge is 0.468 e. The Morgan fingerprint density at radius 3 is 2.40 bits per heavy atom. The van der Waals surface area contributed by atoms with Crippen molar-refractivity contribution < 1.29 is 37.1 Å². The molecule has 15 heteroatoms. The zero-order valence-electron chi connectivity index (χ0n) is 23.5. The summed E-state index contributed by atoms with van der Waals surface area (Å²) >= 11 is 0. The van der Waals surface area contributed by atoms with Crippen molar-refractivity contribution in [3.63, 3.8) is 0 Å². The lowest BCUT2D eigenvalue weighted by atomic mass is 10.0. The predicted molar refractivity (Wildman–Crippen MR) is 148 cm³/mol. The topological polar surface area (TPSA) is 200 Å². The van der Waals surface area contributed by atoms with E-state index in [1.807, 2.05) is 13.8 Å². The molecule has 40 heavy (non-hydrogen) atoms. The molecule has 2 amide bonds. The summed E-state index contributed by atoms with van der Waals surface area (Å²) in [7, 11) is -2.88. The molecule has 1 heterocycles. The van der Waals surface area contributed by atoms with Gasteiger partial charge in [-0.1, -0.05) is 43.3 Å². The average molecular weight is 583 g/mol. The lowest BCUT2D eigenvalue weighted by molar-refractivity contribution is -0.142. The number of amidine groups is 1. The molecule has 0 spiro atoms. The molecule has 0 aromatic heterocycles. The van der Waals surface area contributed by atoms with Gasteiger partial charge in [0.25, 0.3) is 10.2 Å². The summed E-state index contributed by atoms with van der Waals surface area (Å²) in [5.74, 6) is -1.26. The summed E-state index contributed by atoms with van der Waals surface area (Å²) in [4.78, 5) is 45.5. The molecule has 2 atom stereocenters. The van der Waals surface area contributed by atoms with Gasteiger partial charge in [-0.2, -0.15) is 18.1 Å². The summed E-state index contributed by atoms with van der Waals surface area (Å²) < 4.78 is 38.7. The van der Waals surface area contributed by atoms with Crippen molar-refractivity contribution in [3.05, 3.63) is 35.4 Å². The highest BCUT2D eigenvalue weighted by Gasteiger charge is 2.28. The summed E-state index contributed by atoms with van der Waals surface area (Å²) in [6.07, 6.45) is -1.09. The summed E-state index contributed by atoms with van der Waals surface area (Å²) in [5.41, 5.74) is 7.06. The number of methoxy groups -OCH3 is 1. The first-order valence-electron chi connectivity index (χ1n) is 12.6. The fourth-order valence-corrected chi connectivity index (χ4v) is 4.50. The second-order valence-electron chi connectivity index (χ2n) is 10.5. The molecule has 0 radical (unpaired) electrons. The Hall–Kier alpha value is -3.56. The van der Waals surface area contributed by atoms with E-state index in [4.69, 9.17) is 15.3 Å². The Kier molecular flexibility index (Phi) is 11.6. The Bertz CT molecular complexity index is 1220. The molecule has 222 valence electrons. The highest BCUT2D eigenvalue weighted by Crippen LogP contribution is 2.19. The standard InChI is InChI=1S/C25H38N6O8S/c1-15(2)13-28-40(35,36)31-20(23(33)37-6)14-27-21(32)12-18-11-19(30-39-18)16-7-9-17(10-8-16)22(26)29-24(34)38-25(3,4)5/h7-10,15,18,20,28,31H,11-14H2,1-6H3,(H,27,32)(H2,26,29,34)/t18?,20-/m0/s1. The first-order chi connectivity index (χ1) is 18.6. The molecule has 2 rings (SSSR count). The molecule has 1 aromatic carbocycles. The molecule has 0 saturated heterocycles. The molecule has 1 aromatic rings. The normalized spacial score (nSPS) is 16.6. The third kappa shape index (κ3) is 11.3. The third-order valence-electron chi connectivity index (χ3n) is 5.23. The van der Waals surface area contributed by atoms with Gasteiger partial charge in [-0.15, -0.1) is 0 Å². The van der Waals surface area contributed by atoms with E-state index in [2.05, 4.69) is 29.6 Å². The first kappa shape index (κ1) is 32.7. The van der Waals surface area contributed by atoms with Crippen LogP contribution in [-0.4, -0.2) is 75.9 Å². The number of benzene rings is 1. The van der Waals surface area contributed by atoms with Crippen LogP contribution in [-0.2, 0) is 34.1 Å². The second-order valence-corrected chi connectivity index (χ2v) is 12.0. The smallest absolute Gasteiger partial charge is 0.436 e. The number of nitrogens with zero attached hydrogens (tertiary/aromatic N) is 2. The molecule has 0 saturated carbocycles. The fraction of sp³-hybridized carbons (Fsp3) is 0.560. The zero-order chi connectivity index (χ0) is 30.1. The number of nitrogens with one attached hydrogen (secondary N) is 3. The zero-order valence-corrected chi connectivity index (χ0v) is 24.3. The number of nitrogens with two attached hydrogens (primary N) is 1. The molecule has 14 nitrogen and oxygen atoms in total. The van der Waals surface area contributed by atoms with Gasteiger partial charge in [0, 0.05) is 25.1 Å². The molecule has 1 unspecified atom stereocenters. The quantitative estimate of drug-likeness (QED) is 0.157. The van der Waals surface area contributed by atoms with Crippen molar-refractivity contribution in [1.29, 1.82) is 0 Å². The van der Waals surface area contributed by atoms with Crippen LogP contribution >= 0.6 is 0 Å². The second kappa shape index (κ2) is 14.2. The molecule has 0 fully saturated rings. The average Bonchev–Trinajstić information content (AvgIpc) is 3.32. The van der Waals surface area contributed by atoms with Crippen LogP contribution in [0, 0.1) is 5.92 Å². The van der Waals surface area contributed by atoms with Crippen molar-refractivity contribution in [2.75, 3.05) is 20.2 Å². The summed E-state index contributed by atoms with van der Waals surface area (Å²) in [6, 6.07) is 5.49. The van der Waals surface area contributed by atoms with Gasteiger partial charge in [0.1, 0.15) is 23.6 Å². The number of esters is 1. The van der Waals surface area contributed by atoms with Crippen molar-refractivity contribution in [3.8, 4) is 0 Å². The molecule has 1 aliphatic rings. The van der Waals surface area contributed by atoms with Crippen molar-refractivity contribution in [2.24, 2.45) is 21.8 Å². The van der Waals surface area contributed by atoms with Crippen LogP contribution in [0.5, 0.6) is 0 Å². The highest BCUT2D eigenvalue weighted by atomic mass is 32.2. The van der Waals surface area contributed by atoms with E-state index in [1.54, 1.807) is 45.0 Å². The minimum Gasteiger partial charge on any atom is -0.468 e. The maximum Gasteiger partial charge on any atom is 0.436 e. The summed E-state index contributed by atoms with van der Waals surface area (Å²) in [6.45, 7) is 8.69. The minimum absolute atomic E-state index is 0.00297. The monoisotopic (exact) mass is 582 g/mol. The van der Waals surface area contributed by atoms with E-state index < -0.39 is 45.9 Å². The summed E-state index contributed by atoms with van der Waals surface area (Å²) in [5, 5.41) is 6.58. The van der Waals surface area contributed by atoms with Gasteiger partial charge in [0.15, 0.2) is 0 Å². The number of aliphatic imine (C=N–C) groups is 1. The highest BCUT2D eigenvalue weighted by molar-refractivity contribution is 7.87. The number of rotatable bonds is 12. The van der Waals surface area contributed by atoms with Crippen LogP contribution in [0.25, 0.3) is 0 Å². The molecular formula is C25H38N6O8S. The van der Waals surface area contributed by atoms with Gasteiger partial charge >= 0.3 is 12.1 Å². The minimum atomic E-state index is -3.99. The van der Waals surface area contributed by atoms with Crippen molar-refractivity contribution in [1.82, 2.24) is 14.8 Å². The van der Waals surface area contributed by atoms with E-state index in [9.17, 15) is 22.8 Å². The number of oxime groups is 1. The van der Waals surface area contributed by atoms with Crippen molar-refractivity contribution in [2.45, 2.75) is 65.2 Å². The Morgan fingerprint density at radius 1 is 1.18 bits per heavy atom. The van der Waals surface area contributed by atoms with E-state index in [-0.39, 0.29) is 31.3 Å². The number of ether oxygens (including phenoxy) is 2. The lowest BCUT2D eigenvalue weighted by Gasteiger charge is -2.18. The number of hydrogen-bond acceptors (Lipinski definition) is 9. The van der Waals surface area contributed by atoms with Crippen LogP contribution in [0.2, 0.25) is 0 Å². The van der Waals surface area contributed by atoms with Gasteiger partial charge in [0.2, 0.25) is 5.91 Å². The number of carbonyl (C=O) groups excluding carboxylic acids is 3. The Morgan fingerprint density at radius 2 is 1.82 bits per heavy atom. The first-order valence-corrected chi connectivity index (χ1v) is 14.1. The van der Waals surface area contributed by atoms with Gasteiger partial charge in [-0.05, 0) is 32.3 Å². The van der Waals surface area contributed by atoms with E-state index >= 15 is 0 Å². The van der Waals surface area contributed by atoms with Gasteiger partial charge in [0.05, 0.1) is 19.2 Å². The molecule has 1 aliphatic heterocycles. The van der Waals surface area contributed by atoms with E-state index in [0.717, 1.165) is 12.7 Å². The van der Waals surface area contributed by atoms with Crippen molar-refractivity contribution >= 4 is 39.7 Å². The maximum atomic E-state index is 12.5. The van der Waals surface area contributed by atoms with E-state index in [1.165, 1.54) is 0 Å². The SMILES string of the molecule is COC(=O)[C@H](CNC(=O)CC1CC(c2ccc(/C(N)=N/C(=O)OC(C)(C)C)cc2)=NO1)NS(=O)(=O)NCC(C)C. The van der Waals surface area contributed by atoms with Crippen LogP contribution in [0.15, 0.2) is 34.4 Å². The lowest BCUT2D eigenvalue weighted by Crippen LogP contribution is -2.52. The molecule has 5 N–H and O–H groups in total. The van der Waals surface area contributed by atoms with Crippen LogP contribution < -0.4 is 20.5 Å². The van der Waals surface area contributed by atoms with Gasteiger partial charge < -0.3 is 25.4 Å². The molecule has 0 bridgehead atoms. The van der Waals surface area contributed by atoms with Gasteiger partial charge in [-0.3, -0.25) is 9.59 Å². The predicted octanol–water partition coefficient (Wildman–Crippen LogP) is 0.948. The van der Waals surface area contributed by atoms with Crippen LogP contribution in [0.4, 0.5) is 4.79 Å². The number of amides is 2. The van der Waals surface area contributed by atoms with Gasteiger partial charge in [-0.25, -0.2) is 9.52 Å². The maximum absolute atomic E-state index is 12.5. The van der Waals surface area contributed by atoms with E-state index in [0.29, 0.717) is 17.7 Å². The third-order valence-corrected chi connectivity index (χ3v) is 6.37.